The molecule has 0 heterocycles. The molecule has 0 amide bonds. The predicted octanol–water partition coefficient (Wildman–Crippen LogP) is 6.61. The number of carbonyl (C=O) groups is 2. The molecule has 0 spiro atoms. The molecule has 2 rings (SSSR count). The second-order valence-corrected chi connectivity index (χ2v) is 9.69. The summed E-state index contributed by atoms with van der Waals surface area (Å²) in [5.41, 5.74) is 3.89. The van der Waals surface area contributed by atoms with Crippen LogP contribution in [0.4, 0.5) is 0 Å². The number of phenolic OH excluding ortho intramolecular Hbond substituents is 2. The van der Waals surface area contributed by atoms with Crippen molar-refractivity contribution in [2.24, 2.45) is 11.8 Å². The van der Waals surface area contributed by atoms with Crippen molar-refractivity contribution in [1.82, 2.24) is 0 Å². The lowest BCUT2D eigenvalue weighted by atomic mass is 9.83. The van der Waals surface area contributed by atoms with E-state index in [2.05, 4.69) is 0 Å². The smallest absolute Gasteiger partial charge is 0.303 e. The molecule has 0 saturated carbocycles. The summed E-state index contributed by atoms with van der Waals surface area (Å²) in [4.78, 5) is 21.3. The Balaban J connectivity index is 0.000000340. The zero-order chi connectivity index (χ0) is 26.0. The van der Waals surface area contributed by atoms with E-state index in [4.69, 9.17) is 10.2 Å². The minimum atomic E-state index is -0.789. The number of carboxylic acid groups (broad SMARTS) is 2. The normalized spacial score (nSPS) is 12.7. The van der Waals surface area contributed by atoms with Crippen LogP contribution in [0.15, 0.2) is 36.4 Å². The Hall–Kier alpha value is -3.02. The van der Waals surface area contributed by atoms with Crippen LogP contribution in [0.5, 0.6) is 11.5 Å². The van der Waals surface area contributed by atoms with Crippen molar-refractivity contribution < 1.29 is 30.0 Å². The molecule has 6 heteroatoms. The van der Waals surface area contributed by atoms with Crippen molar-refractivity contribution >= 4 is 11.9 Å². The second-order valence-electron chi connectivity index (χ2n) is 9.69. The fourth-order valence-electron chi connectivity index (χ4n) is 4.20. The minimum absolute atomic E-state index is 0.0889. The first-order valence-corrected chi connectivity index (χ1v) is 11.9. The fraction of sp³-hybridized carbons (Fsp3) is 0.500. The highest BCUT2D eigenvalue weighted by Gasteiger charge is 2.21. The number of aromatic hydroxyl groups is 2. The Bertz CT molecular complexity index is 870. The SMILES string of the molecule is Cc1ccc(O)c(C(CCC(=O)O)C(C)C)c1.Cc1ccc(O)c([C@@H](CCC(=O)O)C(C)C)c1. The maximum atomic E-state index is 10.6. The number of carboxylic acids is 2. The summed E-state index contributed by atoms with van der Waals surface area (Å²) in [5, 5.41) is 37.2. The van der Waals surface area contributed by atoms with E-state index in [0.29, 0.717) is 24.7 Å². The molecular weight excluding hydrogens is 432 g/mol. The number of aliphatic carboxylic acids is 2. The van der Waals surface area contributed by atoms with Gasteiger partial charge in [0.05, 0.1) is 0 Å². The second kappa shape index (κ2) is 13.6. The van der Waals surface area contributed by atoms with Crippen LogP contribution in [0.25, 0.3) is 0 Å². The van der Waals surface area contributed by atoms with Crippen molar-refractivity contribution in [1.29, 1.82) is 0 Å². The van der Waals surface area contributed by atoms with Gasteiger partial charge in [0, 0.05) is 12.8 Å². The van der Waals surface area contributed by atoms with Crippen LogP contribution < -0.4 is 0 Å². The zero-order valence-corrected chi connectivity index (χ0v) is 21.2. The Morgan fingerprint density at radius 3 is 1.26 bits per heavy atom. The molecule has 0 fully saturated rings. The average molecular weight is 473 g/mol. The third-order valence-corrected chi connectivity index (χ3v) is 6.11. The van der Waals surface area contributed by atoms with Gasteiger partial charge in [0.25, 0.3) is 0 Å². The molecule has 188 valence electrons. The van der Waals surface area contributed by atoms with Crippen molar-refractivity contribution in [3.8, 4) is 11.5 Å². The van der Waals surface area contributed by atoms with Gasteiger partial charge in [-0.3, -0.25) is 9.59 Å². The van der Waals surface area contributed by atoms with Gasteiger partial charge in [0.15, 0.2) is 0 Å². The van der Waals surface area contributed by atoms with Gasteiger partial charge >= 0.3 is 11.9 Å². The highest BCUT2D eigenvalue weighted by molar-refractivity contribution is 5.67. The molecule has 0 aliphatic heterocycles. The minimum Gasteiger partial charge on any atom is -0.508 e. The van der Waals surface area contributed by atoms with Gasteiger partial charge in [0.2, 0.25) is 0 Å². The molecule has 34 heavy (non-hydrogen) atoms. The Kier molecular flexibility index (Phi) is 11.6. The van der Waals surface area contributed by atoms with Gasteiger partial charge in [0.1, 0.15) is 11.5 Å². The number of phenols is 2. The lowest BCUT2D eigenvalue weighted by molar-refractivity contribution is -0.138. The molecule has 2 atom stereocenters. The molecule has 4 N–H and O–H groups in total. The number of rotatable bonds is 10. The van der Waals surface area contributed by atoms with E-state index in [0.717, 1.165) is 22.3 Å². The lowest BCUT2D eigenvalue weighted by Crippen LogP contribution is -2.10. The summed E-state index contributed by atoms with van der Waals surface area (Å²) in [6, 6.07) is 11.0. The third kappa shape index (κ3) is 9.46. The average Bonchev–Trinajstić information content (AvgIpc) is 2.72. The van der Waals surface area contributed by atoms with E-state index in [1.807, 2.05) is 65.8 Å². The van der Waals surface area contributed by atoms with E-state index in [1.54, 1.807) is 12.1 Å². The Labute approximate surface area is 203 Å². The maximum Gasteiger partial charge on any atom is 0.303 e. The highest BCUT2D eigenvalue weighted by Crippen LogP contribution is 2.36. The molecule has 0 saturated heterocycles. The lowest BCUT2D eigenvalue weighted by Gasteiger charge is -2.22. The van der Waals surface area contributed by atoms with Crippen molar-refractivity contribution in [3.05, 3.63) is 58.7 Å². The fourth-order valence-corrected chi connectivity index (χ4v) is 4.20. The summed E-state index contributed by atoms with van der Waals surface area (Å²) in [5.74, 6) is -0.258. The number of aryl methyl sites for hydroxylation is 2. The summed E-state index contributed by atoms with van der Waals surface area (Å²) in [6.45, 7) is 12.1. The molecule has 0 aliphatic carbocycles. The molecule has 1 unspecified atom stereocenters. The van der Waals surface area contributed by atoms with Gasteiger partial charge in [-0.15, -0.1) is 0 Å². The summed E-state index contributed by atoms with van der Waals surface area (Å²) in [6.07, 6.45) is 1.39. The van der Waals surface area contributed by atoms with E-state index >= 15 is 0 Å². The first-order valence-electron chi connectivity index (χ1n) is 11.9. The number of hydrogen-bond acceptors (Lipinski definition) is 4. The van der Waals surface area contributed by atoms with Crippen molar-refractivity contribution in [2.45, 2.75) is 79.1 Å². The van der Waals surface area contributed by atoms with Gasteiger partial charge in [-0.2, -0.15) is 0 Å². The van der Waals surface area contributed by atoms with Crippen LogP contribution >= 0.6 is 0 Å². The highest BCUT2D eigenvalue weighted by atomic mass is 16.4. The Morgan fingerprint density at radius 2 is 1.00 bits per heavy atom. The monoisotopic (exact) mass is 472 g/mol. The first-order chi connectivity index (χ1) is 15.8. The standard InChI is InChI=1S/2C14H20O3/c2*1-9(2)11(5-7-14(16)17)12-8-10(3)4-6-13(12)15/h2*4,6,8-9,11,15H,5,7H2,1-3H3,(H,16,17)/t11-;/m0./s1. The molecule has 0 radical (unpaired) electrons. The van der Waals surface area contributed by atoms with Crippen LogP contribution in [-0.2, 0) is 9.59 Å². The number of hydrogen-bond donors (Lipinski definition) is 4. The van der Waals surface area contributed by atoms with Crippen LogP contribution in [0.1, 0.15) is 87.5 Å². The van der Waals surface area contributed by atoms with E-state index in [1.165, 1.54) is 0 Å². The molecule has 2 aromatic carbocycles. The van der Waals surface area contributed by atoms with E-state index in [-0.39, 0.29) is 36.2 Å². The molecule has 0 bridgehead atoms. The Morgan fingerprint density at radius 1 is 0.676 bits per heavy atom. The summed E-state index contributed by atoms with van der Waals surface area (Å²) < 4.78 is 0. The van der Waals surface area contributed by atoms with Gasteiger partial charge in [-0.1, -0.05) is 63.1 Å². The quantitative estimate of drug-likeness (QED) is 0.309. The zero-order valence-electron chi connectivity index (χ0n) is 21.2. The number of benzene rings is 2. The molecule has 6 nitrogen and oxygen atoms in total. The molecule has 0 aliphatic rings. The van der Waals surface area contributed by atoms with Gasteiger partial charge in [-0.05, 0) is 73.6 Å². The molecular formula is C28H40O6. The summed E-state index contributed by atoms with van der Waals surface area (Å²) >= 11 is 0. The van der Waals surface area contributed by atoms with Crippen molar-refractivity contribution in [3.63, 3.8) is 0 Å². The van der Waals surface area contributed by atoms with Crippen molar-refractivity contribution in [2.75, 3.05) is 0 Å². The van der Waals surface area contributed by atoms with Crippen LogP contribution in [0, 0.1) is 25.7 Å². The molecule has 2 aromatic rings. The molecule has 0 aromatic heterocycles. The van der Waals surface area contributed by atoms with Crippen LogP contribution in [-0.4, -0.2) is 32.4 Å². The maximum absolute atomic E-state index is 10.6. The largest absolute Gasteiger partial charge is 0.508 e. The van der Waals surface area contributed by atoms with E-state index < -0.39 is 11.9 Å². The third-order valence-electron chi connectivity index (χ3n) is 6.11. The van der Waals surface area contributed by atoms with E-state index in [9.17, 15) is 19.8 Å². The summed E-state index contributed by atoms with van der Waals surface area (Å²) in [7, 11) is 0. The first kappa shape index (κ1) is 29.0. The van der Waals surface area contributed by atoms with Crippen LogP contribution in [0.2, 0.25) is 0 Å². The van der Waals surface area contributed by atoms with Gasteiger partial charge < -0.3 is 20.4 Å². The topological polar surface area (TPSA) is 115 Å². The predicted molar refractivity (Wildman–Crippen MR) is 135 cm³/mol. The van der Waals surface area contributed by atoms with Crippen LogP contribution in [0.3, 0.4) is 0 Å². The van der Waals surface area contributed by atoms with Gasteiger partial charge in [-0.25, -0.2) is 0 Å².